The van der Waals surface area contributed by atoms with Crippen LogP contribution in [-0.2, 0) is 9.53 Å². The minimum Gasteiger partial charge on any atom is -0.464 e. The Morgan fingerprint density at radius 3 is 2.74 bits per heavy atom. The lowest BCUT2D eigenvalue weighted by atomic mass is 10.0. The van der Waals surface area contributed by atoms with Gasteiger partial charge in [-0.3, -0.25) is 4.79 Å². The molecule has 0 spiro atoms. The average Bonchev–Trinajstić information content (AvgIpc) is 3.30. The number of aliphatic hydroxyl groups is 1. The molecular formula is C23H18N4O4. The van der Waals surface area contributed by atoms with Gasteiger partial charge < -0.3 is 14.7 Å². The van der Waals surface area contributed by atoms with Gasteiger partial charge in [0.05, 0.1) is 29.9 Å². The molecule has 4 rings (SSSR count). The van der Waals surface area contributed by atoms with Crippen LogP contribution in [0.5, 0.6) is 0 Å². The summed E-state index contributed by atoms with van der Waals surface area (Å²) in [6.07, 6.45) is 0.253. The smallest absolute Gasteiger partial charge is 0.359 e. The van der Waals surface area contributed by atoms with Crippen LogP contribution in [0.2, 0.25) is 0 Å². The van der Waals surface area contributed by atoms with Crippen LogP contribution in [0.15, 0.2) is 42.5 Å². The summed E-state index contributed by atoms with van der Waals surface area (Å²) < 4.78 is 6.40. The fourth-order valence-electron chi connectivity index (χ4n) is 3.49. The number of nitriles is 1. The quantitative estimate of drug-likeness (QED) is 0.504. The number of rotatable bonds is 2. The molecule has 8 heteroatoms. The number of likely N-dealkylation sites (tertiary alicyclic amines) is 1. The van der Waals surface area contributed by atoms with Crippen LogP contribution >= 0.6 is 0 Å². The lowest BCUT2D eigenvalue weighted by Gasteiger charge is -2.13. The molecule has 31 heavy (non-hydrogen) atoms. The largest absolute Gasteiger partial charge is 0.464 e. The third kappa shape index (κ3) is 3.50. The maximum absolute atomic E-state index is 12.2. The molecule has 8 nitrogen and oxygen atoms in total. The molecule has 3 aromatic rings. The fraction of sp³-hybridized carbons (Fsp3) is 0.217. The van der Waals surface area contributed by atoms with Crippen molar-refractivity contribution in [3.8, 4) is 23.6 Å². The summed E-state index contributed by atoms with van der Waals surface area (Å²) in [5.74, 6) is 4.54. The number of aromatic nitrogens is 2. The van der Waals surface area contributed by atoms with E-state index in [2.05, 4.69) is 23.0 Å². The van der Waals surface area contributed by atoms with Gasteiger partial charge in [-0.25, -0.2) is 9.48 Å². The van der Waals surface area contributed by atoms with Crippen molar-refractivity contribution in [3.63, 3.8) is 0 Å². The Morgan fingerprint density at radius 2 is 2.06 bits per heavy atom. The highest BCUT2D eigenvalue weighted by Crippen LogP contribution is 2.25. The molecule has 0 unspecified atom stereocenters. The predicted molar refractivity (Wildman–Crippen MR) is 111 cm³/mol. The molecule has 1 amide bonds. The van der Waals surface area contributed by atoms with Crippen molar-refractivity contribution in [2.24, 2.45) is 0 Å². The van der Waals surface area contributed by atoms with Gasteiger partial charge in [-0.15, -0.1) is 0 Å². The summed E-state index contributed by atoms with van der Waals surface area (Å²) >= 11 is 0. The molecule has 2 heterocycles. The van der Waals surface area contributed by atoms with Crippen molar-refractivity contribution >= 4 is 22.8 Å². The number of hydrogen-bond acceptors (Lipinski definition) is 6. The van der Waals surface area contributed by atoms with Gasteiger partial charge in [0.25, 0.3) is 5.91 Å². The van der Waals surface area contributed by atoms with Crippen LogP contribution in [0, 0.1) is 23.2 Å². The fourth-order valence-corrected chi connectivity index (χ4v) is 3.49. The van der Waals surface area contributed by atoms with Crippen LogP contribution in [0.4, 0.5) is 0 Å². The topological polar surface area (TPSA) is 108 Å². The maximum Gasteiger partial charge on any atom is 0.359 e. The first kappa shape index (κ1) is 20.1. The number of amides is 1. The van der Waals surface area contributed by atoms with Gasteiger partial charge in [0.15, 0.2) is 5.69 Å². The monoisotopic (exact) mass is 414 g/mol. The molecule has 0 bridgehead atoms. The molecule has 1 aromatic heterocycles. The number of fused-ring (bicyclic) bond motifs is 1. The summed E-state index contributed by atoms with van der Waals surface area (Å²) in [6, 6.07) is 14.0. The van der Waals surface area contributed by atoms with E-state index in [1.54, 1.807) is 54.2 Å². The summed E-state index contributed by atoms with van der Waals surface area (Å²) in [5.41, 5.74) is 0.630. The second-order valence-corrected chi connectivity index (χ2v) is 7.23. The zero-order valence-electron chi connectivity index (χ0n) is 16.9. The molecule has 0 saturated carbocycles. The van der Waals surface area contributed by atoms with E-state index in [0.717, 1.165) is 0 Å². The number of benzene rings is 2. The minimum atomic E-state index is -1.69. The molecule has 1 aliphatic rings. The van der Waals surface area contributed by atoms with Gasteiger partial charge in [-0.2, -0.15) is 10.4 Å². The molecule has 1 atom stereocenters. The van der Waals surface area contributed by atoms with Crippen molar-refractivity contribution < 1.29 is 19.4 Å². The number of nitrogens with zero attached hydrogens (tertiary/aromatic N) is 4. The first-order chi connectivity index (χ1) is 14.9. The molecule has 0 aliphatic carbocycles. The normalized spacial score (nSPS) is 17.9. The van der Waals surface area contributed by atoms with Crippen LogP contribution in [0.25, 0.3) is 16.6 Å². The molecule has 1 aliphatic heterocycles. The lowest BCUT2D eigenvalue weighted by molar-refractivity contribution is -0.137. The van der Waals surface area contributed by atoms with Crippen LogP contribution in [0.3, 0.4) is 0 Å². The van der Waals surface area contributed by atoms with Crippen LogP contribution < -0.4 is 0 Å². The highest BCUT2D eigenvalue weighted by Gasteiger charge is 2.42. The van der Waals surface area contributed by atoms with E-state index in [-0.39, 0.29) is 12.1 Å². The van der Waals surface area contributed by atoms with Gasteiger partial charge in [0.1, 0.15) is 0 Å². The van der Waals surface area contributed by atoms with E-state index in [0.29, 0.717) is 34.3 Å². The SMILES string of the molecule is COC(=O)c1nn(-c2cccc(C#C[C@]3(O)CCN(C)C3=O)c2)c2ccc(C#N)cc12. The summed E-state index contributed by atoms with van der Waals surface area (Å²) in [7, 11) is 2.89. The predicted octanol–water partition coefficient (Wildman–Crippen LogP) is 1.63. The Balaban J connectivity index is 1.79. The standard InChI is InChI=1S/C23H18N4O4/c1-26-11-10-23(30,22(26)29)9-8-15-4-3-5-17(12-15)27-19-7-6-16(14-24)13-18(19)20(25-27)21(28)31-2/h3-7,12-13,30H,10-11H2,1-2H3/t23-/m0/s1. The average molecular weight is 414 g/mol. The van der Waals surface area contributed by atoms with Crippen LogP contribution in [0.1, 0.15) is 28.0 Å². The van der Waals surface area contributed by atoms with Crippen molar-refractivity contribution in [3.05, 3.63) is 59.3 Å². The van der Waals surface area contributed by atoms with E-state index in [1.807, 2.05) is 0 Å². The van der Waals surface area contributed by atoms with E-state index in [9.17, 15) is 20.0 Å². The molecule has 2 aromatic carbocycles. The van der Waals surface area contributed by atoms with Gasteiger partial charge >= 0.3 is 5.97 Å². The highest BCUT2D eigenvalue weighted by molar-refractivity contribution is 6.03. The zero-order valence-corrected chi connectivity index (χ0v) is 16.9. The van der Waals surface area contributed by atoms with E-state index < -0.39 is 17.5 Å². The van der Waals surface area contributed by atoms with Crippen molar-refractivity contribution in [2.45, 2.75) is 12.0 Å². The Morgan fingerprint density at radius 1 is 1.26 bits per heavy atom. The van der Waals surface area contributed by atoms with Gasteiger partial charge in [0.2, 0.25) is 5.60 Å². The lowest BCUT2D eigenvalue weighted by Crippen LogP contribution is -2.37. The van der Waals surface area contributed by atoms with Gasteiger partial charge in [-0.1, -0.05) is 17.9 Å². The van der Waals surface area contributed by atoms with E-state index in [4.69, 9.17) is 4.74 Å². The zero-order chi connectivity index (χ0) is 22.2. The second-order valence-electron chi connectivity index (χ2n) is 7.23. The minimum absolute atomic E-state index is 0.0972. The summed E-state index contributed by atoms with van der Waals surface area (Å²) in [4.78, 5) is 25.8. The summed E-state index contributed by atoms with van der Waals surface area (Å²) in [6.45, 7) is 0.449. The Hall–Kier alpha value is -4.14. The van der Waals surface area contributed by atoms with E-state index >= 15 is 0 Å². The highest BCUT2D eigenvalue weighted by atomic mass is 16.5. The van der Waals surface area contributed by atoms with E-state index in [1.165, 1.54) is 12.0 Å². The molecule has 154 valence electrons. The summed E-state index contributed by atoms with van der Waals surface area (Å²) in [5, 5.41) is 24.6. The number of likely N-dealkylation sites (N-methyl/N-ethyl adjacent to an activating group) is 1. The molecule has 1 fully saturated rings. The third-order valence-electron chi connectivity index (χ3n) is 5.20. The number of esters is 1. The number of carbonyl (C=O) groups is 2. The van der Waals surface area contributed by atoms with Crippen molar-refractivity contribution in [1.29, 1.82) is 5.26 Å². The molecule has 0 radical (unpaired) electrons. The van der Waals surface area contributed by atoms with Crippen LogP contribution in [-0.4, -0.2) is 58.0 Å². The number of carbonyl (C=O) groups excluding carboxylic acids is 2. The van der Waals surface area contributed by atoms with Crippen molar-refractivity contribution in [1.82, 2.24) is 14.7 Å². The molecule has 1 saturated heterocycles. The number of methoxy groups -OCH3 is 1. The maximum atomic E-state index is 12.2. The molecule has 1 N–H and O–H groups in total. The number of ether oxygens (including phenoxy) is 1. The Bertz CT molecular complexity index is 1320. The second kappa shape index (κ2) is 7.60. The van der Waals surface area contributed by atoms with Gasteiger partial charge in [0, 0.05) is 31.0 Å². The Kier molecular flexibility index (Phi) is 4.94. The first-order valence-corrected chi connectivity index (χ1v) is 9.49. The van der Waals surface area contributed by atoms with Crippen molar-refractivity contribution in [2.75, 3.05) is 20.7 Å². The van der Waals surface area contributed by atoms with Gasteiger partial charge in [-0.05, 0) is 36.4 Å². The third-order valence-corrected chi connectivity index (χ3v) is 5.20. The number of hydrogen-bond donors (Lipinski definition) is 1. The Labute approximate surface area is 178 Å². The first-order valence-electron chi connectivity index (χ1n) is 9.49. The molecular weight excluding hydrogens is 396 g/mol.